The number of fused-ring (bicyclic) bond motifs is 2. The van der Waals surface area contributed by atoms with Crippen LogP contribution in [0.3, 0.4) is 0 Å². The quantitative estimate of drug-likeness (QED) is 0.825. The lowest BCUT2D eigenvalue weighted by atomic mass is 9.70. The van der Waals surface area contributed by atoms with Gasteiger partial charge in [-0.15, -0.1) is 0 Å². The highest BCUT2D eigenvalue weighted by Crippen LogP contribution is 2.41. The van der Waals surface area contributed by atoms with E-state index in [-0.39, 0.29) is 35.5 Å². The molecular weight excluding hydrogens is 308 g/mol. The van der Waals surface area contributed by atoms with Crippen molar-refractivity contribution in [2.24, 2.45) is 11.3 Å². The average molecular weight is 338 g/mol. The summed E-state index contributed by atoms with van der Waals surface area (Å²) in [5.74, 6) is -0.323. The van der Waals surface area contributed by atoms with Crippen molar-refractivity contribution in [2.45, 2.75) is 83.6 Å². The minimum Gasteiger partial charge on any atom is -0.444 e. The number of hydrogen-bond acceptors (Lipinski definition) is 4. The third-order valence-corrected chi connectivity index (χ3v) is 5.51. The van der Waals surface area contributed by atoms with E-state index in [1.54, 1.807) is 0 Å². The molecule has 6 heteroatoms. The molecule has 3 rings (SSSR count). The number of carbonyl (C=O) groups is 2. The Morgan fingerprint density at radius 2 is 1.88 bits per heavy atom. The van der Waals surface area contributed by atoms with Crippen molar-refractivity contribution in [1.82, 2.24) is 10.6 Å². The SMILES string of the molecule is CC1(CNC(=O)C2[C@@H]3CC[C@@H](O3)[C@H]2NC(=O)OC(C)(C)C)CCC1. The van der Waals surface area contributed by atoms with Gasteiger partial charge in [-0.3, -0.25) is 4.79 Å². The van der Waals surface area contributed by atoms with Gasteiger partial charge in [-0.05, 0) is 51.9 Å². The second-order valence-corrected chi connectivity index (χ2v) is 8.87. The van der Waals surface area contributed by atoms with Crippen LogP contribution in [0, 0.1) is 11.3 Å². The van der Waals surface area contributed by atoms with Crippen LogP contribution in [-0.2, 0) is 14.3 Å². The third kappa shape index (κ3) is 3.68. The van der Waals surface area contributed by atoms with Crippen molar-refractivity contribution in [2.75, 3.05) is 6.54 Å². The molecule has 2 heterocycles. The van der Waals surface area contributed by atoms with E-state index in [2.05, 4.69) is 17.6 Å². The van der Waals surface area contributed by atoms with E-state index >= 15 is 0 Å². The number of hydrogen-bond donors (Lipinski definition) is 2. The molecule has 24 heavy (non-hydrogen) atoms. The van der Waals surface area contributed by atoms with Gasteiger partial charge >= 0.3 is 6.09 Å². The van der Waals surface area contributed by atoms with Gasteiger partial charge in [0.1, 0.15) is 5.60 Å². The van der Waals surface area contributed by atoms with E-state index in [4.69, 9.17) is 9.47 Å². The monoisotopic (exact) mass is 338 g/mol. The highest BCUT2D eigenvalue weighted by molar-refractivity contribution is 5.82. The molecule has 3 fully saturated rings. The summed E-state index contributed by atoms with van der Waals surface area (Å²) in [4.78, 5) is 24.8. The second-order valence-electron chi connectivity index (χ2n) is 8.87. The van der Waals surface area contributed by atoms with Gasteiger partial charge in [0.15, 0.2) is 0 Å². The summed E-state index contributed by atoms with van der Waals surface area (Å²) >= 11 is 0. The molecule has 1 aliphatic carbocycles. The minimum atomic E-state index is -0.556. The summed E-state index contributed by atoms with van der Waals surface area (Å²) in [6.07, 6.45) is 4.68. The summed E-state index contributed by atoms with van der Waals surface area (Å²) in [5.41, 5.74) is -0.318. The highest BCUT2D eigenvalue weighted by atomic mass is 16.6. The first-order valence-corrected chi connectivity index (χ1v) is 9.10. The largest absolute Gasteiger partial charge is 0.444 e. The van der Waals surface area contributed by atoms with E-state index < -0.39 is 11.7 Å². The van der Waals surface area contributed by atoms with Crippen molar-refractivity contribution in [1.29, 1.82) is 0 Å². The summed E-state index contributed by atoms with van der Waals surface area (Å²) < 4.78 is 11.2. The smallest absolute Gasteiger partial charge is 0.407 e. The van der Waals surface area contributed by atoms with E-state index in [0.29, 0.717) is 6.54 Å². The molecule has 2 bridgehead atoms. The number of alkyl carbamates (subject to hydrolysis) is 1. The van der Waals surface area contributed by atoms with Gasteiger partial charge in [-0.2, -0.15) is 0 Å². The normalized spacial score (nSPS) is 33.7. The van der Waals surface area contributed by atoms with Crippen LogP contribution >= 0.6 is 0 Å². The molecule has 1 saturated carbocycles. The minimum absolute atomic E-state index is 0.00335. The molecule has 2 aliphatic heterocycles. The number of ether oxygens (including phenoxy) is 2. The summed E-state index contributed by atoms with van der Waals surface area (Å²) in [7, 11) is 0. The zero-order valence-electron chi connectivity index (χ0n) is 15.2. The van der Waals surface area contributed by atoms with Crippen LogP contribution in [-0.4, -0.2) is 42.4 Å². The van der Waals surface area contributed by atoms with Gasteiger partial charge in [0.2, 0.25) is 5.91 Å². The fourth-order valence-electron chi connectivity index (χ4n) is 4.01. The summed E-state index contributed by atoms with van der Waals surface area (Å²) in [5, 5.41) is 5.97. The Morgan fingerprint density at radius 3 is 2.46 bits per heavy atom. The predicted octanol–water partition coefficient (Wildman–Crippen LogP) is 2.36. The van der Waals surface area contributed by atoms with Crippen molar-refractivity contribution in [3.63, 3.8) is 0 Å². The zero-order chi connectivity index (χ0) is 17.5. The van der Waals surface area contributed by atoms with Gasteiger partial charge in [-0.1, -0.05) is 13.3 Å². The lowest BCUT2D eigenvalue weighted by Crippen LogP contribution is -2.54. The molecule has 6 nitrogen and oxygen atoms in total. The molecule has 136 valence electrons. The first-order chi connectivity index (χ1) is 11.2. The fourth-order valence-corrected chi connectivity index (χ4v) is 4.01. The van der Waals surface area contributed by atoms with Crippen LogP contribution in [0.15, 0.2) is 0 Å². The molecule has 0 aromatic carbocycles. The van der Waals surface area contributed by atoms with Gasteiger partial charge in [0, 0.05) is 6.54 Å². The molecular formula is C18H30N2O4. The third-order valence-electron chi connectivity index (χ3n) is 5.51. The van der Waals surface area contributed by atoms with E-state index in [0.717, 1.165) is 12.8 Å². The highest BCUT2D eigenvalue weighted by Gasteiger charge is 2.53. The number of nitrogens with one attached hydrogen (secondary N) is 2. The molecule has 0 aromatic heterocycles. The summed E-state index contributed by atoms with van der Waals surface area (Å²) in [6, 6.07) is -0.298. The number of carbonyl (C=O) groups excluding carboxylic acids is 2. The first kappa shape index (κ1) is 17.5. The molecule has 0 spiro atoms. The molecule has 4 atom stereocenters. The van der Waals surface area contributed by atoms with Crippen LogP contribution in [0.25, 0.3) is 0 Å². The molecule has 0 aromatic rings. The van der Waals surface area contributed by atoms with Crippen molar-refractivity contribution in [3.05, 3.63) is 0 Å². The van der Waals surface area contributed by atoms with Crippen LogP contribution in [0.5, 0.6) is 0 Å². The lowest BCUT2D eigenvalue weighted by molar-refractivity contribution is -0.127. The fraction of sp³-hybridized carbons (Fsp3) is 0.889. The molecule has 0 radical (unpaired) electrons. The van der Waals surface area contributed by atoms with Crippen LogP contribution in [0.2, 0.25) is 0 Å². The summed E-state index contributed by atoms with van der Waals surface area (Å²) in [6.45, 7) is 8.40. The van der Waals surface area contributed by atoms with Gasteiger partial charge in [0.05, 0.1) is 24.2 Å². The van der Waals surface area contributed by atoms with Crippen molar-refractivity contribution < 1.29 is 19.1 Å². The maximum atomic E-state index is 12.7. The van der Waals surface area contributed by atoms with Gasteiger partial charge < -0.3 is 20.1 Å². The Balaban J connectivity index is 1.59. The Kier molecular flexibility index (Phi) is 4.53. The average Bonchev–Trinajstić information content (AvgIpc) is 3.01. The molecule has 2 saturated heterocycles. The Hall–Kier alpha value is -1.30. The zero-order valence-corrected chi connectivity index (χ0v) is 15.2. The lowest BCUT2D eigenvalue weighted by Gasteiger charge is -2.39. The number of rotatable bonds is 4. The molecule has 2 amide bonds. The van der Waals surface area contributed by atoms with Crippen LogP contribution < -0.4 is 10.6 Å². The van der Waals surface area contributed by atoms with Crippen molar-refractivity contribution >= 4 is 12.0 Å². The van der Waals surface area contributed by atoms with E-state index in [1.807, 2.05) is 20.8 Å². The van der Waals surface area contributed by atoms with E-state index in [9.17, 15) is 9.59 Å². The van der Waals surface area contributed by atoms with Gasteiger partial charge in [0.25, 0.3) is 0 Å². The molecule has 1 unspecified atom stereocenters. The second kappa shape index (κ2) is 6.21. The molecule has 3 aliphatic rings. The Morgan fingerprint density at radius 1 is 1.21 bits per heavy atom. The Labute approximate surface area is 144 Å². The van der Waals surface area contributed by atoms with Gasteiger partial charge in [-0.25, -0.2) is 4.79 Å². The molecule has 2 N–H and O–H groups in total. The van der Waals surface area contributed by atoms with Crippen LogP contribution in [0.4, 0.5) is 4.79 Å². The predicted molar refractivity (Wildman–Crippen MR) is 89.5 cm³/mol. The van der Waals surface area contributed by atoms with E-state index in [1.165, 1.54) is 19.3 Å². The standard InChI is InChI=1S/C18H30N2O4/c1-17(2,3)24-16(22)20-14-12-7-6-11(23-12)13(14)15(21)19-10-18(4)8-5-9-18/h11-14H,5-10H2,1-4H3,(H,19,21)(H,20,22)/t11-,12+,13?,14+/m0/s1. The van der Waals surface area contributed by atoms with Crippen LogP contribution in [0.1, 0.15) is 59.8 Å². The Bertz CT molecular complexity index is 510. The maximum absolute atomic E-state index is 12.7. The number of amides is 2. The topological polar surface area (TPSA) is 76.7 Å². The van der Waals surface area contributed by atoms with Crippen molar-refractivity contribution in [3.8, 4) is 0 Å². The maximum Gasteiger partial charge on any atom is 0.407 e. The first-order valence-electron chi connectivity index (χ1n) is 9.10.